The van der Waals surface area contributed by atoms with E-state index < -0.39 is 12.0 Å². The number of carbonyl (C=O) groups is 1. The molecule has 2 aromatic rings. The standard InChI is InChI=1S/C10H11N3O2/c11-7(10(14)15)5-13-6-12-8-3-1-2-4-9(8)13/h1-4,6-7H,5,11H2,(H,14,15)/t7-/m0/s1. The minimum atomic E-state index is -1.01. The van der Waals surface area contributed by atoms with Gasteiger partial charge in [0.2, 0.25) is 0 Å². The van der Waals surface area contributed by atoms with Crippen LogP contribution in [0.2, 0.25) is 0 Å². The topological polar surface area (TPSA) is 81.1 Å². The zero-order valence-corrected chi connectivity index (χ0v) is 8.00. The number of rotatable bonds is 3. The number of hydrogen-bond donors (Lipinski definition) is 2. The maximum atomic E-state index is 10.6. The van der Waals surface area contributed by atoms with E-state index >= 15 is 0 Å². The average molecular weight is 205 g/mol. The van der Waals surface area contributed by atoms with Gasteiger partial charge in [-0.1, -0.05) is 12.1 Å². The zero-order valence-electron chi connectivity index (χ0n) is 8.00. The Bertz CT molecular complexity index is 492. The fraction of sp³-hybridized carbons (Fsp3) is 0.200. The molecule has 15 heavy (non-hydrogen) atoms. The van der Waals surface area contributed by atoms with E-state index in [-0.39, 0.29) is 6.54 Å². The van der Waals surface area contributed by atoms with Crippen LogP contribution >= 0.6 is 0 Å². The van der Waals surface area contributed by atoms with Gasteiger partial charge in [0.15, 0.2) is 0 Å². The van der Waals surface area contributed by atoms with Crippen molar-refractivity contribution in [3.63, 3.8) is 0 Å². The monoisotopic (exact) mass is 205 g/mol. The molecule has 0 saturated heterocycles. The molecular weight excluding hydrogens is 194 g/mol. The highest BCUT2D eigenvalue weighted by Gasteiger charge is 2.13. The maximum Gasteiger partial charge on any atom is 0.322 e. The molecule has 0 amide bonds. The van der Waals surface area contributed by atoms with Gasteiger partial charge in [-0.2, -0.15) is 0 Å². The van der Waals surface area contributed by atoms with Crippen molar-refractivity contribution in [2.75, 3.05) is 0 Å². The van der Waals surface area contributed by atoms with Crippen LogP contribution in [-0.4, -0.2) is 26.7 Å². The van der Waals surface area contributed by atoms with Crippen LogP contribution in [0.1, 0.15) is 0 Å². The number of aromatic nitrogens is 2. The fourth-order valence-electron chi connectivity index (χ4n) is 1.45. The Kier molecular flexibility index (Phi) is 2.39. The molecule has 1 aromatic carbocycles. The van der Waals surface area contributed by atoms with Gasteiger partial charge in [-0.25, -0.2) is 4.98 Å². The summed E-state index contributed by atoms with van der Waals surface area (Å²) in [4.78, 5) is 14.7. The molecule has 0 radical (unpaired) electrons. The summed E-state index contributed by atoms with van der Waals surface area (Å²) in [5, 5.41) is 8.69. The summed E-state index contributed by atoms with van der Waals surface area (Å²) in [7, 11) is 0. The number of hydrogen-bond acceptors (Lipinski definition) is 3. The van der Waals surface area contributed by atoms with Crippen LogP contribution in [0.15, 0.2) is 30.6 Å². The molecule has 3 N–H and O–H groups in total. The lowest BCUT2D eigenvalue weighted by Crippen LogP contribution is -2.34. The molecule has 0 fully saturated rings. The number of para-hydroxylation sites is 2. The second kappa shape index (κ2) is 3.70. The predicted octanol–water partition coefficient (Wildman–Crippen LogP) is 0.448. The molecular formula is C10H11N3O2. The van der Waals surface area contributed by atoms with Crippen molar-refractivity contribution >= 4 is 17.0 Å². The minimum absolute atomic E-state index is 0.232. The largest absolute Gasteiger partial charge is 0.480 e. The van der Waals surface area contributed by atoms with Crippen molar-refractivity contribution in [3.05, 3.63) is 30.6 Å². The SMILES string of the molecule is N[C@@H](Cn1cnc2ccccc21)C(=O)O. The van der Waals surface area contributed by atoms with Gasteiger partial charge in [-0.15, -0.1) is 0 Å². The smallest absolute Gasteiger partial charge is 0.322 e. The van der Waals surface area contributed by atoms with Crippen LogP contribution < -0.4 is 5.73 Å². The van der Waals surface area contributed by atoms with E-state index in [2.05, 4.69) is 4.98 Å². The van der Waals surface area contributed by atoms with Gasteiger partial charge in [-0.3, -0.25) is 4.79 Å². The van der Waals surface area contributed by atoms with E-state index in [1.165, 1.54) is 0 Å². The van der Waals surface area contributed by atoms with Gasteiger partial charge >= 0.3 is 5.97 Å². The molecule has 0 bridgehead atoms. The second-order valence-corrected chi connectivity index (χ2v) is 3.33. The summed E-state index contributed by atoms with van der Waals surface area (Å²) in [6.07, 6.45) is 1.60. The van der Waals surface area contributed by atoms with E-state index in [0.717, 1.165) is 11.0 Å². The van der Waals surface area contributed by atoms with E-state index in [0.29, 0.717) is 0 Å². The van der Waals surface area contributed by atoms with Crippen molar-refractivity contribution in [1.82, 2.24) is 9.55 Å². The van der Waals surface area contributed by atoms with Gasteiger partial charge in [0.25, 0.3) is 0 Å². The molecule has 1 aromatic heterocycles. The lowest BCUT2D eigenvalue weighted by molar-refractivity contribution is -0.138. The molecule has 0 aliphatic rings. The summed E-state index contributed by atoms with van der Waals surface area (Å²) in [6, 6.07) is 6.63. The third kappa shape index (κ3) is 1.82. The predicted molar refractivity (Wildman–Crippen MR) is 55.3 cm³/mol. The summed E-state index contributed by atoms with van der Waals surface area (Å²) < 4.78 is 1.74. The van der Waals surface area contributed by atoms with Gasteiger partial charge in [-0.05, 0) is 12.1 Å². The molecule has 0 unspecified atom stereocenters. The first-order valence-electron chi connectivity index (χ1n) is 4.57. The van der Waals surface area contributed by atoms with E-state index in [9.17, 15) is 4.79 Å². The van der Waals surface area contributed by atoms with Gasteiger partial charge in [0.05, 0.1) is 23.9 Å². The first-order valence-corrected chi connectivity index (χ1v) is 4.57. The molecule has 0 aliphatic carbocycles. The normalized spacial score (nSPS) is 12.9. The van der Waals surface area contributed by atoms with E-state index in [4.69, 9.17) is 10.8 Å². The lowest BCUT2D eigenvalue weighted by atomic mass is 10.3. The Hall–Kier alpha value is -1.88. The summed E-state index contributed by atoms with van der Waals surface area (Å²) in [5.41, 5.74) is 7.19. The molecule has 1 heterocycles. The number of nitrogens with two attached hydrogens (primary N) is 1. The first-order chi connectivity index (χ1) is 7.18. The molecule has 0 spiro atoms. The van der Waals surface area contributed by atoms with E-state index in [1.807, 2.05) is 24.3 Å². The Morgan fingerprint density at radius 1 is 1.53 bits per heavy atom. The molecule has 0 saturated carbocycles. The van der Waals surface area contributed by atoms with Crippen LogP contribution in [0.25, 0.3) is 11.0 Å². The first kappa shape index (κ1) is 9.67. The van der Waals surface area contributed by atoms with Crippen LogP contribution in [0.5, 0.6) is 0 Å². The number of fused-ring (bicyclic) bond motifs is 1. The quantitative estimate of drug-likeness (QED) is 0.762. The molecule has 0 aliphatic heterocycles. The Balaban J connectivity index is 2.32. The van der Waals surface area contributed by atoms with E-state index in [1.54, 1.807) is 10.9 Å². The minimum Gasteiger partial charge on any atom is -0.480 e. The number of carboxylic acid groups (broad SMARTS) is 1. The van der Waals surface area contributed by atoms with Crippen molar-refractivity contribution in [3.8, 4) is 0 Å². The fourth-order valence-corrected chi connectivity index (χ4v) is 1.45. The number of carboxylic acids is 1. The van der Waals surface area contributed by atoms with Crippen LogP contribution in [-0.2, 0) is 11.3 Å². The highest BCUT2D eigenvalue weighted by Crippen LogP contribution is 2.11. The van der Waals surface area contributed by atoms with Gasteiger partial charge < -0.3 is 15.4 Å². The Morgan fingerprint density at radius 3 is 3.00 bits per heavy atom. The number of aliphatic carboxylic acids is 1. The summed E-state index contributed by atoms with van der Waals surface area (Å²) in [5.74, 6) is -1.01. The molecule has 5 nitrogen and oxygen atoms in total. The number of benzene rings is 1. The molecule has 5 heteroatoms. The van der Waals surface area contributed by atoms with Crippen molar-refractivity contribution < 1.29 is 9.90 Å². The van der Waals surface area contributed by atoms with Crippen molar-refractivity contribution in [2.45, 2.75) is 12.6 Å². The average Bonchev–Trinajstić information content (AvgIpc) is 2.62. The number of imidazole rings is 1. The second-order valence-electron chi connectivity index (χ2n) is 3.33. The van der Waals surface area contributed by atoms with Crippen LogP contribution in [0.3, 0.4) is 0 Å². The lowest BCUT2D eigenvalue weighted by Gasteiger charge is -2.07. The van der Waals surface area contributed by atoms with Gasteiger partial charge in [0.1, 0.15) is 6.04 Å². The van der Waals surface area contributed by atoms with Crippen LogP contribution in [0, 0.1) is 0 Å². The molecule has 2 rings (SSSR count). The maximum absolute atomic E-state index is 10.6. The summed E-state index contributed by atoms with van der Waals surface area (Å²) in [6.45, 7) is 0.232. The highest BCUT2D eigenvalue weighted by molar-refractivity contribution is 5.76. The third-order valence-electron chi connectivity index (χ3n) is 2.24. The van der Waals surface area contributed by atoms with Crippen molar-refractivity contribution in [1.29, 1.82) is 0 Å². The molecule has 78 valence electrons. The van der Waals surface area contributed by atoms with Crippen molar-refractivity contribution in [2.24, 2.45) is 5.73 Å². The highest BCUT2D eigenvalue weighted by atomic mass is 16.4. The Labute approximate surface area is 86.1 Å². The Morgan fingerprint density at radius 2 is 2.27 bits per heavy atom. The molecule has 1 atom stereocenters. The van der Waals surface area contributed by atoms with Gasteiger partial charge in [0, 0.05) is 0 Å². The van der Waals surface area contributed by atoms with Crippen LogP contribution in [0.4, 0.5) is 0 Å². The zero-order chi connectivity index (χ0) is 10.8. The third-order valence-corrected chi connectivity index (χ3v) is 2.24. The number of nitrogens with zero attached hydrogens (tertiary/aromatic N) is 2. The summed E-state index contributed by atoms with van der Waals surface area (Å²) >= 11 is 0.